The van der Waals surface area contributed by atoms with E-state index in [1.54, 1.807) is 12.0 Å². The summed E-state index contributed by atoms with van der Waals surface area (Å²) >= 11 is 0. The van der Waals surface area contributed by atoms with Gasteiger partial charge in [-0.2, -0.15) is 0 Å². The van der Waals surface area contributed by atoms with Crippen molar-refractivity contribution in [2.45, 2.75) is 43.5 Å². The predicted molar refractivity (Wildman–Crippen MR) is 164 cm³/mol. The van der Waals surface area contributed by atoms with Crippen LogP contribution in [0, 0.1) is 0 Å². The first-order chi connectivity index (χ1) is 21.1. The van der Waals surface area contributed by atoms with E-state index >= 15 is 0 Å². The Morgan fingerprint density at radius 3 is 2.59 bits per heavy atom. The van der Waals surface area contributed by atoms with Crippen molar-refractivity contribution in [3.8, 4) is 17.2 Å². The minimum atomic E-state index is -3.64. The van der Waals surface area contributed by atoms with Gasteiger partial charge >= 0.3 is 0 Å². The molecule has 2 aliphatic heterocycles. The standard InChI is InChI=1S/C32H38N4O7S/c1-4-14-33-44(39,40)26-11-9-24(10-12-26)32(38)36-18-27-30(19-36)42-21-23-6-5-7-25(15-23)43-29-16-22(8-13-28(29)41-3)17-35(2)20-31(37)34-27/h5-13,15-16,27,30,33H,4,14,17-21H2,1-3H3,(H,34,37)/t27-,30-/m0/s1. The zero-order valence-corrected chi connectivity index (χ0v) is 25.9. The van der Waals surface area contributed by atoms with Gasteiger partial charge in [0.2, 0.25) is 15.9 Å². The Labute approximate surface area is 258 Å². The minimum absolute atomic E-state index is 0.0967. The second kappa shape index (κ2) is 13.8. The van der Waals surface area contributed by atoms with Crippen molar-refractivity contribution >= 4 is 21.8 Å². The predicted octanol–water partition coefficient (Wildman–Crippen LogP) is 3.15. The number of sulfonamides is 1. The maximum atomic E-state index is 13.5. The maximum absolute atomic E-state index is 13.5. The summed E-state index contributed by atoms with van der Waals surface area (Å²) in [4.78, 5) is 30.2. The van der Waals surface area contributed by atoms with E-state index in [4.69, 9.17) is 14.2 Å². The summed E-state index contributed by atoms with van der Waals surface area (Å²) in [6.07, 6.45) is 0.209. The number of ether oxygens (including phenoxy) is 3. The number of hydrogen-bond donors (Lipinski definition) is 2. The highest BCUT2D eigenvalue weighted by molar-refractivity contribution is 7.89. The lowest BCUT2D eigenvalue weighted by Gasteiger charge is -2.23. The number of methoxy groups -OCH3 is 1. The highest BCUT2D eigenvalue weighted by Crippen LogP contribution is 2.33. The van der Waals surface area contributed by atoms with Gasteiger partial charge in [-0.1, -0.05) is 25.1 Å². The van der Waals surface area contributed by atoms with Crippen LogP contribution in [0.15, 0.2) is 71.6 Å². The van der Waals surface area contributed by atoms with E-state index < -0.39 is 22.2 Å². The van der Waals surface area contributed by atoms with Gasteiger partial charge < -0.3 is 24.4 Å². The monoisotopic (exact) mass is 622 g/mol. The molecule has 2 amide bonds. The lowest BCUT2D eigenvalue weighted by atomic mass is 10.1. The summed E-state index contributed by atoms with van der Waals surface area (Å²) in [5.74, 6) is 1.34. The molecule has 2 N–H and O–H groups in total. The van der Waals surface area contributed by atoms with Crippen molar-refractivity contribution in [3.05, 3.63) is 83.4 Å². The molecule has 0 spiro atoms. The van der Waals surface area contributed by atoms with Crippen molar-refractivity contribution in [2.24, 2.45) is 0 Å². The van der Waals surface area contributed by atoms with E-state index in [1.165, 1.54) is 24.3 Å². The number of likely N-dealkylation sites (tertiary alicyclic amines) is 1. The number of rotatable bonds is 6. The smallest absolute Gasteiger partial charge is 0.254 e. The molecular weight excluding hydrogens is 584 g/mol. The van der Waals surface area contributed by atoms with Gasteiger partial charge in [-0.15, -0.1) is 0 Å². The largest absolute Gasteiger partial charge is 0.493 e. The molecule has 11 nitrogen and oxygen atoms in total. The first-order valence-electron chi connectivity index (χ1n) is 14.6. The Kier molecular flexibility index (Phi) is 9.84. The molecule has 12 heteroatoms. The molecular formula is C32H38N4O7S. The van der Waals surface area contributed by atoms with E-state index in [0.29, 0.717) is 42.3 Å². The van der Waals surface area contributed by atoms with Gasteiger partial charge in [0, 0.05) is 31.7 Å². The van der Waals surface area contributed by atoms with Crippen LogP contribution in [-0.4, -0.2) is 82.5 Å². The Bertz CT molecular complexity index is 1600. The second-order valence-corrected chi connectivity index (χ2v) is 12.8. The van der Waals surface area contributed by atoms with Crippen LogP contribution < -0.4 is 19.5 Å². The summed E-state index contributed by atoms with van der Waals surface area (Å²) in [6.45, 7) is 3.61. The van der Waals surface area contributed by atoms with Crippen molar-refractivity contribution in [3.63, 3.8) is 0 Å². The van der Waals surface area contributed by atoms with E-state index in [2.05, 4.69) is 10.0 Å². The Hall–Kier alpha value is -3.97. The average Bonchev–Trinajstić information content (AvgIpc) is 3.40. The number of likely N-dealkylation sites (N-methyl/N-ethyl adjacent to an activating group) is 1. The molecule has 3 aromatic rings. The van der Waals surface area contributed by atoms with Crippen LogP contribution in [0.2, 0.25) is 0 Å². The Balaban J connectivity index is 1.35. The molecule has 2 atom stereocenters. The van der Waals surface area contributed by atoms with Crippen LogP contribution >= 0.6 is 0 Å². The second-order valence-electron chi connectivity index (χ2n) is 11.1. The van der Waals surface area contributed by atoms with E-state index in [-0.39, 0.29) is 43.0 Å². The molecule has 0 aliphatic carbocycles. The highest BCUT2D eigenvalue weighted by atomic mass is 32.2. The Morgan fingerprint density at radius 2 is 1.84 bits per heavy atom. The van der Waals surface area contributed by atoms with Crippen LogP contribution in [0.1, 0.15) is 34.8 Å². The van der Waals surface area contributed by atoms with Crippen LogP contribution in [0.4, 0.5) is 0 Å². The number of carbonyl (C=O) groups excluding carboxylic acids is 2. The number of benzene rings is 3. The van der Waals surface area contributed by atoms with E-state index in [1.807, 2.05) is 61.3 Å². The SMILES string of the molecule is CCCNS(=O)(=O)c1ccc(C(=O)N2C[C@@H]3NC(=O)CN(C)Cc4ccc(OC)c(c4)Oc4cccc(c4)CO[C@H]3C2)cc1. The molecule has 2 heterocycles. The first-order valence-corrected chi connectivity index (χ1v) is 16.1. The highest BCUT2D eigenvalue weighted by Gasteiger charge is 2.37. The zero-order valence-electron chi connectivity index (χ0n) is 25.1. The van der Waals surface area contributed by atoms with Gasteiger partial charge in [0.25, 0.3) is 5.91 Å². The fourth-order valence-electron chi connectivity index (χ4n) is 5.32. The summed E-state index contributed by atoms with van der Waals surface area (Å²) < 4.78 is 45.4. The van der Waals surface area contributed by atoms with Crippen LogP contribution in [0.3, 0.4) is 0 Å². The average molecular weight is 623 g/mol. The van der Waals surface area contributed by atoms with Gasteiger partial charge in [-0.25, -0.2) is 13.1 Å². The molecule has 4 bridgehead atoms. The number of amides is 2. The molecule has 1 saturated heterocycles. The molecule has 0 aromatic heterocycles. The van der Waals surface area contributed by atoms with Gasteiger partial charge in [0.1, 0.15) is 5.75 Å². The Morgan fingerprint density at radius 1 is 1.05 bits per heavy atom. The van der Waals surface area contributed by atoms with Gasteiger partial charge in [-0.05, 0) is 73.1 Å². The van der Waals surface area contributed by atoms with Crippen molar-refractivity contribution < 1.29 is 32.2 Å². The van der Waals surface area contributed by atoms with Crippen LogP contribution in [0.25, 0.3) is 0 Å². The quantitative estimate of drug-likeness (QED) is 0.430. The number of nitrogens with zero attached hydrogens (tertiary/aromatic N) is 2. The zero-order chi connectivity index (χ0) is 31.3. The molecule has 3 aromatic carbocycles. The number of nitrogens with one attached hydrogen (secondary N) is 2. The third kappa shape index (κ3) is 7.56. The number of fused-ring (bicyclic) bond motifs is 5. The molecule has 0 saturated carbocycles. The molecule has 5 rings (SSSR count). The van der Waals surface area contributed by atoms with E-state index in [9.17, 15) is 18.0 Å². The fourth-order valence-corrected chi connectivity index (χ4v) is 6.45. The lowest BCUT2D eigenvalue weighted by Crippen LogP contribution is -2.47. The molecule has 1 fully saturated rings. The number of hydrogen-bond acceptors (Lipinski definition) is 8. The van der Waals surface area contributed by atoms with Gasteiger partial charge in [0.15, 0.2) is 11.5 Å². The molecule has 0 radical (unpaired) electrons. The summed E-state index contributed by atoms with van der Waals surface area (Å²) in [5, 5.41) is 3.08. The number of carbonyl (C=O) groups is 2. The summed E-state index contributed by atoms with van der Waals surface area (Å²) in [6, 6.07) is 18.7. The lowest BCUT2D eigenvalue weighted by molar-refractivity contribution is -0.123. The normalized spacial score (nSPS) is 19.5. The van der Waals surface area contributed by atoms with Crippen LogP contribution in [-0.2, 0) is 32.7 Å². The fraction of sp³-hybridized carbons (Fsp3) is 0.375. The van der Waals surface area contributed by atoms with Crippen LogP contribution in [0.5, 0.6) is 17.2 Å². The minimum Gasteiger partial charge on any atom is -0.493 e. The first kappa shape index (κ1) is 31.5. The third-order valence-electron chi connectivity index (χ3n) is 7.54. The van der Waals surface area contributed by atoms with Crippen molar-refractivity contribution in [1.29, 1.82) is 0 Å². The van der Waals surface area contributed by atoms with Gasteiger partial charge in [-0.3, -0.25) is 14.5 Å². The van der Waals surface area contributed by atoms with Crippen molar-refractivity contribution in [1.82, 2.24) is 19.8 Å². The van der Waals surface area contributed by atoms with Gasteiger partial charge in [0.05, 0.1) is 37.3 Å². The molecule has 234 valence electrons. The molecule has 44 heavy (non-hydrogen) atoms. The maximum Gasteiger partial charge on any atom is 0.254 e. The van der Waals surface area contributed by atoms with Crippen molar-refractivity contribution in [2.75, 3.05) is 40.3 Å². The summed E-state index contributed by atoms with van der Waals surface area (Å²) in [5.41, 5.74) is 2.18. The summed E-state index contributed by atoms with van der Waals surface area (Å²) in [7, 11) is -0.197. The molecule has 0 unspecified atom stereocenters. The molecule has 2 aliphatic rings. The topological polar surface area (TPSA) is 127 Å². The third-order valence-corrected chi connectivity index (χ3v) is 9.01. The van der Waals surface area contributed by atoms with E-state index in [0.717, 1.165) is 11.1 Å².